The molecule has 0 aromatic heterocycles. The summed E-state index contributed by atoms with van der Waals surface area (Å²) in [5.74, 6) is -2.79. The minimum Gasteiger partial charge on any atom is -0.458 e. The highest BCUT2D eigenvalue weighted by Crippen LogP contribution is 2.39. The van der Waals surface area contributed by atoms with Crippen LogP contribution in [-0.2, 0) is 23.9 Å². The summed E-state index contributed by atoms with van der Waals surface area (Å²) in [7, 11) is 0. The Labute approximate surface area is 159 Å². The van der Waals surface area contributed by atoms with Crippen LogP contribution < -0.4 is 0 Å². The fourth-order valence-corrected chi connectivity index (χ4v) is 3.54. The molecule has 7 heteroatoms. The molecule has 1 saturated heterocycles. The maximum absolute atomic E-state index is 12.5. The van der Waals surface area contributed by atoms with Gasteiger partial charge in [0.15, 0.2) is 5.78 Å². The lowest BCUT2D eigenvalue weighted by Gasteiger charge is -2.35. The van der Waals surface area contributed by atoms with Crippen molar-refractivity contribution >= 4 is 17.7 Å². The van der Waals surface area contributed by atoms with Crippen LogP contribution >= 0.6 is 0 Å². The molecule has 2 N–H and O–H groups in total. The summed E-state index contributed by atoms with van der Waals surface area (Å²) in [6, 6.07) is 0. The summed E-state index contributed by atoms with van der Waals surface area (Å²) in [4.78, 5) is 36.9. The summed E-state index contributed by atoms with van der Waals surface area (Å²) in [5.41, 5.74) is -1.32. The predicted octanol–water partition coefficient (Wildman–Crippen LogP) is 1.46. The Kier molecular flexibility index (Phi) is 6.27. The molecule has 6 atom stereocenters. The first-order valence-electron chi connectivity index (χ1n) is 9.15. The summed E-state index contributed by atoms with van der Waals surface area (Å²) in [6.45, 7) is 10.1. The molecule has 7 nitrogen and oxygen atoms in total. The molecule has 0 amide bonds. The molecule has 0 bridgehead atoms. The van der Waals surface area contributed by atoms with Gasteiger partial charge < -0.3 is 19.7 Å². The Morgan fingerprint density at radius 1 is 1.41 bits per heavy atom. The number of ketones is 1. The zero-order chi connectivity index (χ0) is 20.5. The van der Waals surface area contributed by atoms with Crippen molar-refractivity contribution in [3.05, 3.63) is 23.8 Å². The number of hydrogen-bond donors (Lipinski definition) is 2. The third-order valence-electron chi connectivity index (χ3n) is 5.59. The lowest BCUT2D eigenvalue weighted by Crippen LogP contribution is -2.47. The van der Waals surface area contributed by atoms with E-state index in [0.29, 0.717) is 12.0 Å². The molecule has 0 spiro atoms. The molecule has 1 aliphatic carbocycles. The maximum atomic E-state index is 12.5. The molecule has 0 radical (unpaired) electrons. The van der Waals surface area contributed by atoms with E-state index < -0.39 is 47.6 Å². The number of allylic oxidation sites excluding steroid dienone is 1. The largest absolute Gasteiger partial charge is 0.458 e. The van der Waals surface area contributed by atoms with Gasteiger partial charge in [0, 0.05) is 24.0 Å². The van der Waals surface area contributed by atoms with Gasteiger partial charge in [0.25, 0.3) is 0 Å². The Bertz CT molecular complexity index is 676. The zero-order valence-corrected chi connectivity index (χ0v) is 16.2. The van der Waals surface area contributed by atoms with Gasteiger partial charge in [-0.05, 0) is 33.1 Å². The highest BCUT2D eigenvalue weighted by molar-refractivity contribution is 5.92. The maximum Gasteiger partial charge on any atom is 0.334 e. The molecule has 2 rings (SSSR count). The fraction of sp³-hybridized carbons (Fsp3) is 0.650. The predicted molar refractivity (Wildman–Crippen MR) is 96.5 cm³/mol. The van der Waals surface area contributed by atoms with Gasteiger partial charge in [-0.3, -0.25) is 4.79 Å². The van der Waals surface area contributed by atoms with Gasteiger partial charge in [-0.2, -0.15) is 0 Å². The molecule has 27 heavy (non-hydrogen) atoms. The van der Waals surface area contributed by atoms with Crippen molar-refractivity contribution in [1.82, 2.24) is 0 Å². The molecular formula is C20H28O7. The average molecular weight is 380 g/mol. The smallest absolute Gasteiger partial charge is 0.334 e. The number of aliphatic hydroxyl groups excluding tert-OH is 1. The van der Waals surface area contributed by atoms with E-state index >= 15 is 0 Å². The number of aliphatic hydroxyl groups is 2. The normalized spacial score (nSPS) is 38.2. The Hall–Kier alpha value is -1.99. The lowest BCUT2D eigenvalue weighted by atomic mass is 9.77. The first kappa shape index (κ1) is 21.3. The Morgan fingerprint density at radius 3 is 2.63 bits per heavy atom. The lowest BCUT2D eigenvalue weighted by molar-refractivity contribution is -0.159. The summed E-state index contributed by atoms with van der Waals surface area (Å²) < 4.78 is 11.0. The van der Waals surface area contributed by atoms with Crippen LogP contribution in [0.15, 0.2) is 23.8 Å². The number of carbonyl (C=O) groups is 3. The quantitative estimate of drug-likeness (QED) is 0.551. The molecule has 2 aliphatic rings. The van der Waals surface area contributed by atoms with Crippen molar-refractivity contribution in [1.29, 1.82) is 0 Å². The summed E-state index contributed by atoms with van der Waals surface area (Å²) in [6.07, 6.45) is -1.14. The molecule has 150 valence electrons. The fourth-order valence-electron chi connectivity index (χ4n) is 3.54. The number of carbonyl (C=O) groups excluding carboxylic acids is 3. The number of hydrogen-bond acceptors (Lipinski definition) is 7. The second kappa shape index (κ2) is 7.94. The van der Waals surface area contributed by atoms with Crippen molar-refractivity contribution in [3.63, 3.8) is 0 Å². The van der Waals surface area contributed by atoms with E-state index in [1.54, 1.807) is 26.8 Å². The van der Waals surface area contributed by atoms with Crippen LogP contribution in [-0.4, -0.2) is 51.8 Å². The van der Waals surface area contributed by atoms with Crippen molar-refractivity contribution in [2.24, 2.45) is 11.8 Å². The van der Waals surface area contributed by atoms with Crippen LogP contribution in [0.25, 0.3) is 0 Å². The second-order valence-electron chi connectivity index (χ2n) is 7.80. The molecule has 1 aliphatic heterocycles. The summed E-state index contributed by atoms with van der Waals surface area (Å²) in [5, 5.41) is 21.0. The van der Waals surface area contributed by atoms with Gasteiger partial charge in [-0.25, -0.2) is 9.59 Å². The molecule has 0 aromatic rings. The van der Waals surface area contributed by atoms with E-state index in [1.165, 1.54) is 6.92 Å². The molecule has 0 aromatic carbocycles. The second-order valence-corrected chi connectivity index (χ2v) is 7.80. The van der Waals surface area contributed by atoms with Gasteiger partial charge >= 0.3 is 11.9 Å². The van der Waals surface area contributed by atoms with Crippen LogP contribution in [0.2, 0.25) is 0 Å². The number of ether oxygens (including phenoxy) is 2. The molecular weight excluding hydrogens is 352 g/mol. The van der Waals surface area contributed by atoms with E-state index in [9.17, 15) is 24.6 Å². The zero-order valence-electron chi connectivity index (χ0n) is 16.2. The average Bonchev–Trinajstić information content (AvgIpc) is 2.86. The van der Waals surface area contributed by atoms with E-state index in [2.05, 4.69) is 6.58 Å². The topological polar surface area (TPSA) is 110 Å². The van der Waals surface area contributed by atoms with E-state index in [1.807, 2.05) is 0 Å². The van der Waals surface area contributed by atoms with E-state index in [-0.39, 0.29) is 24.3 Å². The monoisotopic (exact) mass is 380 g/mol. The number of rotatable bonds is 2. The molecule has 6 unspecified atom stereocenters. The number of esters is 2. The van der Waals surface area contributed by atoms with Gasteiger partial charge in [0.2, 0.25) is 0 Å². The SMILES string of the molecule is C=C1C(=O)OC2CC(C)C(O)CC(=O)C(C)(O)CC(OC(=O)C(C)=CC)C12. The first-order valence-corrected chi connectivity index (χ1v) is 9.15. The highest BCUT2D eigenvalue weighted by atomic mass is 16.6. The van der Waals surface area contributed by atoms with Gasteiger partial charge in [-0.15, -0.1) is 0 Å². The van der Waals surface area contributed by atoms with Crippen molar-refractivity contribution in [2.45, 2.75) is 70.9 Å². The van der Waals surface area contributed by atoms with Crippen LogP contribution in [0.4, 0.5) is 0 Å². The first-order chi connectivity index (χ1) is 12.5. The van der Waals surface area contributed by atoms with Crippen molar-refractivity contribution in [2.75, 3.05) is 0 Å². The number of Topliss-reactive ketones (excluding diaryl/α,β-unsaturated/α-hetero) is 1. The van der Waals surface area contributed by atoms with Crippen LogP contribution in [0.5, 0.6) is 0 Å². The van der Waals surface area contributed by atoms with E-state index in [0.717, 1.165) is 0 Å². The summed E-state index contributed by atoms with van der Waals surface area (Å²) >= 11 is 0. The molecule has 1 saturated carbocycles. The van der Waals surface area contributed by atoms with Gasteiger partial charge in [-0.1, -0.05) is 19.6 Å². The van der Waals surface area contributed by atoms with Crippen LogP contribution in [0.3, 0.4) is 0 Å². The standard InChI is InChI=1S/C20H28O7/c1-6-10(2)18(23)27-15-9-20(5,25)16(22)8-13(21)11(3)7-14-17(15)12(4)19(24)26-14/h6,11,13-15,17,21,25H,4,7-9H2,1-3,5H3. The van der Waals surface area contributed by atoms with Crippen LogP contribution in [0.1, 0.15) is 47.0 Å². The van der Waals surface area contributed by atoms with Gasteiger partial charge in [0.1, 0.15) is 17.8 Å². The van der Waals surface area contributed by atoms with Crippen molar-refractivity contribution in [3.8, 4) is 0 Å². The molecule has 1 heterocycles. The Morgan fingerprint density at radius 2 is 2.04 bits per heavy atom. The van der Waals surface area contributed by atoms with Crippen LogP contribution in [0, 0.1) is 11.8 Å². The van der Waals surface area contributed by atoms with Gasteiger partial charge in [0.05, 0.1) is 12.0 Å². The highest BCUT2D eigenvalue weighted by Gasteiger charge is 2.50. The molecule has 2 fully saturated rings. The Balaban J connectivity index is 2.45. The van der Waals surface area contributed by atoms with E-state index in [4.69, 9.17) is 9.47 Å². The third-order valence-corrected chi connectivity index (χ3v) is 5.59. The minimum atomic E-state index is -1.83. The van der Waals surface area contributed by atoms with Crippen molar-refractivity contribution < 1.29 is 34.1 Å². The minimum absolute atomic E-state index is 0.140. The number of fused-ring (bicyclic) bond motifs is 1. The third kappa shape index (κ3) is 4.47.